The molecule has 7 nitrogen and oxygen atoms in total. The van der Waals surface area contributed by atoms with Gasteiger partial charge in [-0.05, 0) is 38.3 Å². The molecule has 1 amide bonds. The van der Waals surface area contributed by atoms with Gasteiger partial charge in [-0.3, -0.25) is 9.78 Å². The summed E-state index contributed by atoms with van der Waals surface area (Å²) in [6.45, 7) is 5.20. The van der Waals surface area contributed by atoms with Crippen LogP contribution in [-0.2, 0) is 4.79 Å². The molecule has 0 saturated carbocycles. The van der Waals surface area contributed by atoms with E-state index in [-0.39, 0.29) is 11.8 Å². The first-order chi connectivity index (χ1) is 12.0. The van der Waals surface area contributed by atoms with E-state index in [9.17, 15) is 4.79 Å². The van der Waals surface area contributed by atoms with E-state index in [2.05, 4.69) is 15.1 Å². The Morgan fingerprint density at radius 3 is 2.80 bits per heavy atom. The first-order valence-corrected chi connectivity index (χ1v) is 8.84. The Morgan fingerprint density at radius 1 is 1.40 bits per heavy atom. The lowest BCUT2D eigenvalue weighted by Crippen LogP contribution is -2.54. The Hall–Kier alpha value is -2.28. The Morgan fingerprint density at radius 2 is 2.16 bits per heavy atom. The molecule has 1 unspecified atom stereocenters. The molecule has 0 bridgehead atoms. The van der Waals surface area contributed by atoms with Crippen molar-refractivity contribution < 1.29 is 9.32 Å². The van der Waals surface area contributed by atoms with Crippen molar-refractivity contribution in [3.8, 4) is 11.5 Å². The highest BCUT2D eigenvalue weighted by Crippen LogP contribution is 2.29. The summed E-state index contributed by atoms with van der Waals surface area (Å²) in [7, 11) is 0. The molecule has 2 aromatic rings. The number of rotatable bonds is 5. The zero-order valence-corrected chi connectivity index (χ0v) is 14.8. The number of nitrogens with zero attached hydrogens (tertiary/aromatic N) is 4. The van der Waals surface area contributed by atoms with E-state index >= 15 is 0 Å². The molecule has 1 saturated heterocycles. The molecular weight excluding hydrogens is 318 g/mol. The largest absolute Gasteiger partial charge is 0.341 e. The molecule has 1 fully saturated rings. The van der Waals surface area contributed by atoms with Gasteiger partial charge in [0.25, 0.3) is 0 Å². The zero-order chi connectivity index (χ0) is 17.9. The van der Waals surface area contributed by atoms with E-state index < -0.39 is 5.54 Å². The molecular formula is C18H25N5O2. The average Bonchev–Trinajstić information content (AvgIpc) is 3.12. The van der Waals surface area contributed by atoms with Crippen LogP contribution >= 0.6 is 0 Å². The minimum Gasteiger partial charge on any atom is -0.341 e. The molecule has 0 spiro atoms. The van der Waals surface area contributed by atoms with Gasteiger partial charge in [0.2, 0.25) is 17.6 Å². The van der Waals surface area contributed by atoms with E-state index in [1.165, 1.54) is 0 Å². The molecule has 1 aliphatic rings. The summed E-state index contributed by atoms with van der Waals surface area (Å²) < 4.78 is 5.43. The minimum atomic E-state index is -0.780. The quantitative estimate of drug-likeness (QED) is 0.895. The number of carbonyl (C=O) groups is 1. The van der Waals surface area contributed by atoms with Crippen molar-refractivity contribution in [3.63, 3.8) is 0 Å². The van der Waals surface area contributed by atoms with Gasteiger partial charge in [-0.15, -0.1) is 0 Å². The number of likely N-dealkylation sites (tertiary alicyclic amines) is 1. The lowest BCUT2D eigenvalue weighted by Gasteiger charge is -2.36. The van der Waals surface area contributed by atoms with Gasteiger partial charge in [-0.1, -0.05) is 24.6 Å². The summed E-state index contributed by atoms with van der Waals surface area (Å²) in [4.78, 5) is 23.2. The summed E-state index contributed by atoms with van der Waals surface area (Å²) in [5.74, 6) is 1.33. The lowest BCUT2D eigenvalue weighted by molar-refractivity contribution is -0.137. The number of aromatic nitrogens is 3. The van der Waals surface area contributed by atoms with Crippen LogP contribution in [0.5, 0.6) is 0 Å². The van der Waals surface area contributed by atoms with Gasteiger partial charge in [-0.25, -0.2) is 0 Å². The van der Waals surface area contributed by atoms with Crippen molar-refractivity contribution in [1.29, 1.82) is 0 Å². The number of nitrogens with two attached hydrogens (primary N) is 1. The zero-order valence-electron chi connectivity index (χ0n) is 14.8. The normalized spacial score (nSPS) is 18.1. The second-order valence-electron chi connectivity index (χ2n) is 6.91. The van der Waals surface area contributed by atoms with E-state index in [4.69, 9.17) is 10.3 Å². The Kier molecular flexibility index (Phi) is 5.13. The number of hydrogen-bond donors (Lipinski definition) is 1. The maximum Gasteiger partial charge on any atom is 0.242 e. The molecule has 25 heavy (non-hydrogen) atoms. The van der Waals surface area contributed by atoms with Gasteiger partial charge in [0.1, 0.15) is 5.69 Å². The smallest absolute Gasteiger partial charge is 0.242 e. The predicted molar refractivity (Wildman–Crippen MR) is 93.6 cm³/mol. The standard InChI is InChI=1S/C18H25N5O2/c1-3-9-18(2,19)17(24)23-11-7-13(8-12-23)16-21-15(22-25-16)14-6-4-5-10-20-14/h4-6,10,13H,3,7-9,11-12,19H2,1-2H3. The number of hydrogen-bond acceptors (Lipinski definition) is 6. The highest BCUT2D eigenvalue weighted by molar-refractivity contribution is 5.85. The Bertz CT molecular complexity index is 705. The fraction of sp³-hybridized carbons (Fsp3) is 0.556. The molecule has 1 atom stereocenters. The van der Waals surface area contributed by atoms with Crippen LogP contribution in [0.1, 0.15) is 51.3 Å². The van der Waals surface area contributed by atoms with Gasteiger partial charge in [0.15, 0.2) is 0 Å². The SMILES string of the molecule is CCCC(C)(N)C(=O)N1CCC(c2nc(-c3ccccn3)no2)CC1. The van der Waals surface area contributed by atoms with Crippen LogP contribution in [0.4, 0.5) is 0 Å². The van der Waals surface area contributed by atoms with Crippen molar-refractivity contribution in [2.75, 3.05) is 13.1 Å². The number of amides is 1. The van der Waals surface area contributed by atoms with Crippen molar-refractivity contribution in [2.24, 2.45) is 5.73 Å². The topological polar surface area (TPSA) is 98.1 Å². The van der Waals surface area contributed by atoms with Crippen LogP contribution in [0.25, 0.3) is 11.5 Å². The van der Waals surface area contributed by atoms with Crippen LogP contribution in [0.2, 0.25) is 0 Å². The van der Waals surface area contributed by atoms with E-state index in [0.717, 1.165) is 19.3 Å². The van der Waals surface area contributed by atoms with Gasteiger partial charge < -0.3 is 15.2 Å². The number of pyridine rings is 1. The fourth-order valence-electron chi connectivity index (χ4n) is 3.32. The molecule has 0 aliphatic carbocycles. The molecule has 2 N–H and O–H groups in total. The molecule has 0 radical (unpaired) electrons. The Balaban J connectivity index is 1.61. The molecule has 1 aliphatic heterocycles. The van der Waals surface area contributed by atoms with Gasteiger partial charge in [0, 0.05) is 25.2 Å². The van der Waals surface area contributed by atoms with Crippen LogP contribution in [0, 0.1) is 0 Å². The Labute approximate surface area is 147 Å². The summed E-state index contributed by atoms with van der Waals surface area (Å²) in [5, 5.41) is 4.03. The fourth-order valence-corrected chi connectivity index (χ4v) is 3.32. The third kappa shape index (κ3) is 3.87. The average molecular weight is 343 g/mol. The molecule has 2 aromatic heterocycles. The van der Waals surface area contributed by atoms with Crippen LogP contribution in [0.15, 0.2) is 28.9 Å². The maximum atomic E-state index is 12.6. The van der Waals surface area contributed by atoms with E-state index in [1.54, 1.807) is 6.20 Å². The summed E-state index contributed by atoms with van der Waals surface area (Å²) >= 11 is 0. The monoisotopic (exact) mass is 343 g/mol. The second kappa shape index (κ2) is 7.31. The van der Waals surface area contributed by atoms with E-state index in [1.807, 2.05) is 36.9 Å². The number of piperidine rings is 1. The van der Waals surface area contributed by atoms with Gasteiger partial charge >= 0.3 is 0 Å². The third-order valence-electron chi connectivity index (χ3n) is 4.73. The summed E-state index contributed by atoms with van der Waals surface area (Å²) in [5.41, 5.74) is 6.09. The summed E-state index contributed by atoms with van der Waals surface area (Å²) in [6.07, 6.45) is 4.90. The highest BCUT2D eigenvalue weighted by atomic mass is 16.5. The molecule has 134 valence electrons. The van der Waals surface area contributed by atoms with Crippen molar-refractivity contribution in [2.45, 2.75) is 51.0 Å². The third-order valence-corrected chi connectivity index (χ3v) is 4.73. The van der Waals surface area contributed by atoms with Crippen LogP contribution in [0.3, 0.4) is 0 Å². The maximum absolute atomic E-state index is 12.6. The molecule has 7 heteroatoms. The second-order valence-corrected chi connectivity index (χ2v) is 6.91. The van der Waals surface area contributed by atoms with Crippen molar-refractivity contribution >= 4 is 5.91 Å². The van der Waals surface area contributed by atoms with Gasteiger partial charge in [-0.2, -0.15) is 4.98 Å². The predicted octanol–water partition coefficient (Wildman–Crippen LogP) is 2.36. The van der Waals surface area contributed by atoms with E-state index in [0.29, 0.717) is 36.9 Å². The molecule has 0 aromatic carbocycles. The molecule has 3 heterocycles. The van der Waals surface area contributed by atoms with Crippen LogP contribution < -0.4 is 5.73 Å². The summed E-state index contributed by atoms with van der Waals surface area (Å²) in [6, 6.07) is 5.59. The first kappa shape index (κ1) is 17.5. The van der Waals surface area contributed by atoms with Crippen molar-refractivity contribution in [1.82, 2.24) is 20.0 Å². The lowest BCUT2D eigenvalue weighted by atomic mass is 9.92. The minimum absolute atomic E-state index is 0.0347. The molecule has 3 rings (SSSR count). The van der Waals surface area contributed by atoms with Crippen molar-refractivity contribution in [3.05, 3.63) is 30.3 Å². The first-order valence-electron chi connectivity index (χ1n) is 8.84. The van der Waals surface area contributed by atoms with Gasteiger partial charge in [0.05, 0.1) is 5.54 Å². The van der Waals surface area contributed by atoms with Crippen LogP contribution in [-0.4, -0.2) is 44.6 Å². The highest BCUT2D eigenvalue weighted by Gasteiger charge is 2.35. The number of carbonyl (C=O) groups excluding carboxylic acids is 1.